The minimum atomic E-state index is -1.20. The van der Waals surface area contributed by atoms with E-state index in [1.54, 1.807) is 24.3 Å². The monoisotopic (exact) mass is 310 g/mol. The van der Waals surface area contributed by atoms with Crippen molar-refractivity contribution in [3.8, 4) is 0 Å². The maximum atomic E-state index is 11.5. The molecule has 1 saturated carbocycles. The molecule has 114 valence electrons. The van der Waals surface area contributed by atoms with Gasteiger partial charge in [0.05, 0.1) is 11.5 Å². The van der Waals surface area contributed by atoms with Crippen molar-refractivity contribution in [1.82, 2.24) is 0 Å². The zero-order valence-electron chi connectivity index (χ0n) is 11.7. The molecule has 0 spiro atoms. The first-order chi connectivity index (χ1) is 9.88. The third-order valence-electron chi connectivity index (χ3n) is 3.78. The molecule has 2 rings (SSSR count). The highest BCUT2D eigenvalue weighted by Crippen LogP contribution is 2.50. The molecule has 2 atom stereocenters. The number of rotatable bonds is 6. The van der Waals surface area contributed by atoms with E-state index in [2.05, 4.69) is 0 Å². The number of aliphatic carboxylic acids is 1. The number of benzene rings is 1. The van der Waals surface area contributed by atoms with Gasteiger partial charge in [0.1, 0.15) is 6.10 Å². The van der Waals surface area contributed by atoms with E-state index in [9.17, 15) is 24.9 Å². The first-order valence-electron chi connectivity index (χ1n) is 6.71. The lowest BCUT2D eigenvalue weighted by Crippen LogP contribution is -2.27. The van der Waals surface area contributed by atoms with E-state index in [0.29, 0.717) is 24.0 Å². The van der Waals surface area contributed by atoms with Crippen molar-refractivity contribution in [3.63, 3.8) is 0 Å². The number of hydrogen-bond acceptors (Lipinski definition) is 5. The standard InChI is InChI=1S/C15H18O5S/c1-9(16)21-8-12(17)13(18)10-4-2-3-5-11(10)15(6-7-15)14(19)20/h2-5,12-13,17-18H,6-8H2,1H3,(H,19,20). The number of carbonyl (C=O) groups is 2. The molecular weight excluding hydrogens is 292 g/mol. The van der Waals surface area contributed by atoms with Crippen LogP contribution in [-0.4, -0.2) is 38.3 Å². The van der Waals surface area contributed by atoms with Gasteiger partial charge in [-0.3, -0.25) is 9.59 Å². The number of carboxylic acids is 1. The van der Waals surface area contributed by atoms with Crippen LogP contribution in [-0.2, 0) is 15.0 Å². The van der Waals surface area contributed by atoms with Crippen LogP contribution in [0.3, 0.4) is 0 Å². The Labute approximate surface area is 127 Å². The Hall–Kier alpha value is -1.37. The maximum Gasteiger partial charge on any atom is 0.314 e. The summed E-state index contributed by atoms with van der Waals surface area (Å²) in [6.45, 7) is 1.39. The summed E-state index contributed by atoms with van der Waals surface area (Å²) in [5.74, 6) is -0.833. The molecule has 1 aliphatic carbocycles. The van der Waals surface area contributed by atoms with Crippen LogP contribution < -0.4 is 0 Å². The number of aliphatic hydroxyl groups is 2. The van der Waals surface area contributed by atoms with Gasteiger partial charge in [-0.15, -0.1) is 0 Å². The fraction of sp³-hybridized carbons (Fsp3) is 0.467. The molecule has 0 amide bonds. The summed E-state index contributed by atoms with van der Waals surface area (Å²) >= 11 is 0.932. The van der Waals surface area contributed by atoms with Crippen LogP contribution in [0.25, 0.3) is 0 Å². The quantitative estimate of drug-likeness (QED) is 0.736. The highest BCUT2D eigenvalue weighted by Gasteiger charge is 2.53. The molecule has 0 radical (unpaired) electrons. The van der Waals surface area contributed by atoms with Crippen LogP contribution in [0.15, 0.2) is 24.3 Å². The number of carbonyl (C=O) groups excluding carboxylic acids is 1. The molecule has 5 nitrogen and oxygen atoms in total. The molecule has 21 heavy (non-hydrogen) atoms. The summed E-state index contributed by atoms with van der Waals surface area (Å²) in [7, 11) is 0. The van der Waals surface area contributed by atoms with Gasteiger partial charge in [0.2, 0.25) is 0 Å². The SMILES string of the molecule is CC(=O)SCC(O)C(O)c1ccccc1C1(C(=O)O)CC1. The number of hydrogen-bond donors (Lipinski definition) is 3. The predicted molar refractivity (Wildman–Crippen MR) is 79.1 cm³/mol. The molecule has 0 aliphatic heterocycles. The summed E-state index contributed by atoms with van der Waals surface area (Å²) in [6, 6.07) is 6.74. The molecule has 1 fully saturated rings. The van der Waals surface area contributed by atoms with Gasteiger partial charge < -0.3 is 15.3 Å². The summed E-state index contributed by atoms with van der Waals surface area (Å²) in [5, 5.41) is 29.5. The number of carboxylic acid groups (broad SMARTS) is 1. The summed E-state index contributed by atoms with van der Waals surface area (Å²) in [6.07, 6.45) is -1.26. The molecule has 0 aromatic heterocycles. The molecule has 0 saturated heterocycles. The minimum Gasteiger partial charge on any atom is -0.481 e. The molecule has 0 heterocycles. The average molecular weight is 310 g/mol. The first kappa shape index (κ1) is 16.0. The second-order valence-electron chi connectivity index (χ2n) is 5.29. The van der Waals surface area contributed by atoms with E-state index in [0.717, 1.165) is 11.8 Å². The molecule has 1 aromatic carbocycles. The second kappa shape index (κ2) is 6.17. The summed E-state index contributed by atoms with van der Waals surface area (Å²) < 4.78 is 0. The highest BCUT2D eigenvalue weighted by molar-refractivity contribution is 8.13. The highest BCUT2D eigenvalue weighted by atomic mass is 32.2. The van der Waals surface area contributed by atoms with Gasteiger partial charge in [-0.05, 0) is 24.0 Å². The molecular formula is C15H18O5S. The zero-order valence-corrected chi connectivity index (χ0v) is 12.5. The van der Waals surface area contributed by atoms with Gasteiger partial charge in [-0.2, -0.15) is 0 Å². The summed E-state index contributed by atoms with van der Waals surface area (Å²) in [4.78, 5) is 22.4. The fourth-order valence-electron chi connectivity index (χ4n) is 2.42. The Kier molecular flexibility index (Phi) is 4.70. The van der Waals surface area contributed by atoms with Crippen molar-refractivity contribution in [1.29, 1.82) is 0 Å². The molecule has 3 N–H and O–H groups in total. The van der Waals surface area contributed by atoms with Crippen LogP contribution in [0.2, 0.25) is 0 Å². The normalized spacial score (nSPS) is 18.8. The van der Waals surface area contributed by atoms with Crippen LogP contribution in [0.4, 0.5) is 0 Å². The van der Waals surface area contributed by atoms with Gasteiger partial charge in [-0.1, -0.05) is 36.0 Å². The average Bonchev–Trinajstić information content (AvgIpc) is 3.25. The first-order valence-corrected chi connectivity index (χ1v) is 7.69. The second-order valence-corrected chi connectivity index (χ2v) is 6.49. The van der Waals surface area contributed by atoms with Gasteiger partial charge >= 0.3 is 5.97 Å². The molecule has 2 unspecified atom stereocenters. The third kappa shape index (κ3) is 3.28. The summed E-state index contributed by atoms with van der Waals surface area (Å²) in [5.41, 5.74) is 0.0382. The Morgan fingerprint density at radius 3 is 2.43 bits per heavy atom. The Morgan fingerprint density at radius 2 is 1.90 bits per heavy atom. The van der Waals surface area contributed by atoms with Crippen molar-refractivity contribution >= 4 is 22.8 Å². The van der Waals surface area contributed by atoms with E-state index in [-0.39, 0.29) is 10.9 Å². The van der Waals surface area contributed by atoms with Crippen molar-refractivity contribution in [2.24, 2.45) is 0 Å². The lowest BCUT2D eigenvalue weighted by atomic mass is 9.88. The Bertz CT molecular complexity index is 553. The lowest BCUT2D eigenvalue weighted by molar-refractivity contribution is -0.140. The largest absolute Gasteiger partial charge is 0.481 e. The fourth-order valence-corrected chi connectivity index (χ4v) is 3.00. The zero-order chi connectivity index (χ0) is 15.6. The van der Waals surface area contributed by atoms with Crippen molar-refractivity contribution in [2.75, 3.05) is 5.75 Å². The van der Waals surface area contributed by atoms with Crippen LogP contribution >= 0.6 is 11.8 Å². The van der Waals surface area contributed by atoms with Crippen molar-refractivity contribution < 1.29 is 24.9 Å². The predicted octanol–water partition coefficient (Wildman–Crippen LogP) is 1.48. The lowest BCUT2D eigenvalue weighted by Gasteiger charge is -2.23. The number of thioether (sulfide) groups is 1. The van der Waals surface area contributed by atoms with Crippen molar-refractivity contribution in [2.45, 2.75) is 37.4 Å². The van der Waals surface area contributed by atoms with Gasteiger partial charge in [0.25, 0.3) is 0 Å². The van der Waals surface area contributed by atoms with Crippen LogP contribution in [0.1, 0.15) is 37.0 Å². The Morgan fingerprint density at radius 1 is 1.29 bits per heavy atom. The van der Waals surface area contributed by atoms with E-state index >= 15 is 0 Å². The van der Waals surface area contributed by atoms with Gasteiger partial charge in [0, 0.05) is 12.7 Å². The van der Waals surface area contributed by atoms with E-state index in [1.807, 2.05) is 0 Å². The minimum absolute atomic E-state index is 0.0743. The van der Waals surface area contributed by atoms with Gasteiger partial charge in [-0.25, -0.2) is 0 Å². The third-order valence-corrected chi connectivity index (χ3v) is 4.69. The molecule has 1 aliphatic rings. The Balaban J connectivity index is 2.24. The molecule has 6 heteroatoms. The smallest absolute Gasteiger partial charge is 0.314 e. The van der Waals surface area contributed by atoms with E-state index in [4.69, 9.17) is 0 Å². The molecule has 0 bridgehead atoms. The van der Waals surface area contributed by atoms with Crippen LogP contribution in [0.5, 0.6) is 0 Å². The van der Waals surface area contributed by atoms with E-state index < -0.39 is 23.6 Å². The topological polar surface area (TPSA) is 94.8 Å². The number of aliphatic hydroxyl groups excluding tert-OH is 2. The van der Waals surface area contributed by atoms with E-state index in [1.165, 1.54) is 6.92 Å². The van der Waals surface area contributed by atoms with Gasteiger partial charge in [0.15, 0.2) is 5.12 Å². The molecule has 1 aromatic rings. The van der Waals surface area contributed by atoms with Crippen LogP contribution in [0, 0.1) is 0 Å². The van der Waals surface area contributed by atoms with Crippen molar-refractivity contribution in [3.05, 3.63) is 35.4 Å². The maximum absolute atomic E-state index is 11.5.